The summed E-state index contributed by atoms with van der Waals surface area (Å²) in [4.78, 5) is 8.01. The number of anilines is 1. The highest BCUT2D eigenvalue weighted by molar-refractivity contribution is 5.38. The Morgan fingerprint density at radius 3 is 3.00 bits per heavy atom. The minimum Gasteiger partial charge on any atom is -0.478 e. The van der Waals surface area contributed by atoms with Gasteiger partial charge in [-0.2, -0.15) is 0 Å². The van der Waals surface area contributed by atoms with Gasteiger partial charge in [0.1, 0.15) is 12.1 Å². The second-order valence-corrected chi connectivity index (χ2v) is 2.99. The van der Waals surface area contributed by atoms with Crippen molar-refractivity contribution in [2.24, 2.45) is 0 Å². The summed E-state index contributed by atoms with van der Waals surface area (Å²) in [5.74, 6) is 1.35. The van der Waals surface area contributed by atoms with Crippen LogP contribution in [0, 0.1) is 0 Å². The average molecular weight is 193 g/mol. The molecule has 0 atom stereocenters. The zero-order valence-corrected chi connectivity index (χ0v) is 8.58. The van der Waals surface area contributed by atoms with E-state index in [2.05, 4.69) is 21.9 Å². The van der Waals surface area contributed by atoms with Crippen LogP contribution in [0.25, 0.3) is 0 Å². The molecule has 14 heavy (non-hydrogen) atoms. The molecule has 0 aliphatic heterocycles. The van der Waals surface area contributed by atoms with Crippen molar-refractivity contribution in [3.05, 3.63) is 24.5 Å². The van der Waals surface area contributed by atoms with Gasteiger partial charge in [0.25, 0.3) is 0 Å². The monoisotopic (exact) mass is 193 g/mol. The fraction of sp³-hybridized carbons (Fsp3) is 0.400. The van der Waals surface area contributed by atoms with Crippen molar-refractivity contribution in [2.45, 2.75) is 13.8 Å². The van der Waals surface area contributed by atoms with E-state index in [0.717, 1.165) is 11.4 Å². The smallest absolute Gasteiger partial charge is 0.218 e. The van der Waals surface area contributed by atoms with Gasteiger partial charge in [0.2, 0.25) is 5.88 Å². The van der Waals surface area contributed by atoms with E-state index in [1.807, 2.05) is 13.8 Å². The van der Waals surface area contributed by atoms with Crippen LogP contribution in [-0.4, -0.2) is 23.1 Å². The Morgan fingerprint density at radius 1 is 1.57 bits per heavy atom. The Hall–Kier alpha value is -1.58. The lowest BCUT2D eigenvalue weighted by Gasteiger charge is -2.06. The van der Waals surface area contributed by atoms with Crippen LogP contribution in [0.2, 0.25) is 0 Å². The third-order valence-corrected chi connectivity index (χ3v) is 1.51. The van der Waals surface area contributed by atoms with Gasteiger partial charge in [0.15, 0.2) is 0 Å². The summed E-state index contributed by atoms with van der Waals surface area (Å²) in [6, 6.07) is 1.77. The first kappa shape index (κ1) is 10.5. The van der Waals surface area contributed by atoms with Crippen LogP contribution in [-0.2, 0) is 0 Å². The topological polar surface area (TPSA) is 47.0 Å². The lowest BCUT2D eigenvalue weighted by molar-refractivity contribution is 0.326. The van der Waals surface area contributed by atoms with E-state index >= 15 is 0 Å². The predicted molar refractivity (Wildman–Crippen MR) is 56.5 cm³/mol. The van der Waals surface area contributed by atoms with E-state index in [-0.39, 0.29) is 0 Å². The van der Waals surface area contributed by atoms with Crippen LogP contribution in [0.15, 0.2) is 24.5 Å². The van der Waals surface area contributed by atoms with Crippen LogP contribution < -0.4 is 10.1 Å². The Bertz CT molecular complexity index is 312. The summed E-state index contributed by atoms with van der Waals surface area (Å²) in [6.45, 7) is 8.99. The molecule has 0 aliphatic rings. The molecule has 1 aromatic heterocycles. The maximum Gasteiger partial charge on any atom is 0.218 e. The van der Waals surface area contributed by atoms with Crippen LogP contribution in [0.5, 0.6) is 5.88 Å². The van der Waals surface area contributed by atoms with Gasteiger partial charge in [-0.05, 0) is 13.8 Å². The summed E-state index contributed by atoms with van der Waals surface area (Å²) >= 11 is 0. The van der Waals surface area contributed by atoms with Crippen LogP contribution in [0.1, 0.15) is 13.8 Å². The summed E-state index contributed by atoms with van der Waals surface area (Å²) in [7, 11) is 0. The van der Waals surface area contributed by atoms with Crippen molar-refractivity contribution in [1.29, 1.82) is 0 Å². The zero-order chi connectivity index (χ0) is 10.4. The fourth-order valence-electron chi connectivity index (χ4n) is 0.904. The molecule has 4 heteroatoms. The molecule has 4 nitrogen and oxygen atoms in total. The molecule has 76 valence electrons. The molecule has 0 bridgehead atoms. The molecule has 1 rings (SSSR count). The van der Waals surface area contributed by atoms with Gasteiger partial charge in [-0.25, -0.2) is 9.97 Å². The second kappa shape index (κ2) is 5.21. The summed E-state index contributed by atoms with van der Waals surface area (Å²) in [5, 5.41) is 3.11. The quantitative estimate of drug-likeness (QED) is 0.725. The normalized spacial score (nSPS) is 9.57. The van der Waals surface area contributed by atoms with Crippen LogP contribution >= 0.6 is 0 Å². The van der Waals surface area contributed by atoms with Gasteiger partial charge < -0.3 is 10.1 Å². The van der Waals surface area contributed by atoms with Crippen molar-refractivity contribution in [2.75, 3.05) is 18.5 Å². The van der Waals surface area contributed by atoms with Crippen molar-refractivity contribution < 1.29 is 4.74 Å². The van der Waals surface area contributed by atoms with E-state index in [9.17, 15) is 0 Å². The number of aromatic nitrogens is 2. The van der Waals surface area contributed by atoms with Crippen molar-refractivity contribution in [3.8, 4) is 5.88 Å². The lowest BCUT2D eigenvalue weighted by atomic mass is 10.3. The first-order chi connectivity index (χ1) is 6.72. The molecule has 0 spiro atoms. The molecule has 0 radical (unpaired) electrons. The van der Waals surface area contributed by atoms with E-state index in [4.69, 9.17) is 4.74 Å². The number of nitrogens with one attached hydrogen (secondary N) is 1. The molecule has 0 fully saturated rings. The molecule has 1 aromatic rings. The number of hydrogen-bond acceptors (Lipinski definition) is 4. The number of rotatable bonds is 5. The Kier molecular flexibility index (Phi) is 3.91. The minimum absolute atomic E-state index is 0.590. The third-order valence-electron chi connectivity index (χ3n) is 1.51. The molecule has 0 unspecified atom stereocenters. The van der Waals surface area contributed by atoms with Gasteiger partial charge in [-0.1, -0.05) is 12.2 Å². The molecule has 0 saturated carbocycles. The molecule has 0 aromatic carbocycles. The second-order valence-electron chi connectivity index (χ2n) is 2.99. The van der Waals surface area contributed by atoms with Gasteiger partial charge in [0.05, 0.1) is 6.61 Å². The Balaban J connectivity index is 2.58. The summed E-state index contributed by atoms with van der Waals surface area (Å²) in [6.07, 6.45) is 1.48. The fourth-order valence-corrected chi connectivity index (χ4v) is 0.904. The number of nitrogens with zero attached hydrogens (tertiary/aromatic N) is 2. The molecule has 1 N–H and O–H groups in total. The SMILES string of the molecule is C=C(C)CNc1cc(OCC)ncn1. The average Bonchev–Trinajstić information content (AvgIpc) is 2.16. The molecule has 0 saturated heterocycles. The van der Waals surface area contributed by atoms with Crippen molar-refractivity contribution in [3.63, 3.8) is 0 Å². The van der Waals surface area contributed by atoms with Crippen LogP contribution in [0.4, 0.5) is 5.82 Å². The highest BCUT2D eigenvalue weighted by Crippen LogP contribution is 2.10. The van der Waals surface area contributed by atoms with Gasteiger partial charge >= 0.3 is 0 Å². The van der Waals surface area contributed by atoms with E-state index < -0.39 is 0 Å². The minimum atomic E-state index is 0.590. The number of hydrogen-bond donors (Lipinski definition) is 1. The molecule has 0 aliphatic carbocycles. The van der Waals surface area contributed by atoms with Crippen molar-refractivity contribution in [1.82, 2.24) is 9.97 Å². The first-order valence-corrected chi connectivity index (χ1v) is 4.55. The lowest BCUT2D eigenvalue weighted by Crippen LogP contribution is -2.04. The first-order valence-electron chi connectivity index (χ1n) is 4.55. The molecule has 0 amide bonds. The molecule has 1 heterocycles. The Morgan fingerprint density at radius 2 is 2.36 bits per heavy atom. The summed E-state index contributed by atoms with van der Waals surface area (Å²) in [5.41, 5.74) is 1.06. The van der Waals surface area contributed by atoms with Gasteiger partial charge in [-0.15, -0.1) is 0 Å². The zero-order valence-electron chi connectivity index (χ0n) is 8.58. The predicted octanol–water partition coefficient (Wildman–Crippen LogP) is 1.86. The standard InChI is InChI=1S/C10H15N3O/c1-4-14-10-5-9(12-7-13-10)11-6-8(2)3/h5,7H,2,4,6H2,1,3H3,(H,11,12,13). The maximum atomic E-state index is 5.24. The Labute approximate surface area is 84.0 Å². The third kappa shape index (κ3) is 3.43. The van der Waals surface area contributed by atoms with E-state index in [0.29, 0.717) is 19.0 Å². The van der Waals surface area contributed by atoms with E-state index in [1.165, 1.54) is 6.33 Å². The van der Waals surface area contributed by atoms with Gasteiger partial charge in [0, 0.05) is 12.6 Å². The van der Waals surface area contributed by atoms with Crippen LogP contribution in [0.3, 0.4) is 0 Å². The molecular formula is C10H15N3O. The van der Waals surface area contributed by atoms with Crippen molar-refractivity contribution >= 4 is 5.82 Å². The highest BCUT2D eigenvalue weighted by atomic mass is 16.5. The number of ether oxygens (including phenoxy) is 1. The highest BCUT2D eigenvalue weighted by Gasteiger charge is 1.97. The molecular weight excluding hydrogens is 178 g/mol. The van der Waals surface area contributed by atoms with E-state index in [1.54, 1.807) is 6.07 Å². The largest absolute Gasteiger partial charge is 0.478 e. The van der Waals surface area contributed by atoms with Gasteiger partial charge in [-0.3, -0.25) is 0 Å². The summed E-state index contributed by atoms with van der Waals surface area (Å²) < 4.78 is 5.24. The maximum absolute atomic E-state index is 5.24.